The van der Waals surface area contributed by atoms with Gasteiger partial charge in [0.1, 0.15) is 18.2 Å². The molecule has 106 valence electrons. The fraction of sp³-hybridized carbons (Fsp3) is 0.0769. The minimum Gasteiger partial charge on any atom is -0.489 e. The van der Waals surface area contributed by atoms with Crippen LogP contribution in [-0.4, -0.2) is 8.42 Å². The molecule has 7 heteroatoms. The van der Waals surface area contributed by atoms with E-state index in [0.717, 1.165) is 0 Å². The van der Waals surface area contributed by atoms with Crippen LogP contribution in [0.15, 0.2) is 47.4 Å². The lowest BCUT2D eigenvalue weighted by atomic mass is 10.2. The first-order valence-electron chi connectivity index (χ1n) is 5.56. The second-order valence-corrected chi connectivity index (χ2v) is 6.04. The predicted octanol–water partition coefficient (Wildman–Crippen LogP) is 2.71. The molecule has 2 aromatic rings. The molecule has 0 aliphatic heterocycles. The molecule has 0 spiro atoms. The molecule has 0 radical (unpaired) electrons. The summed E-state index contributed by atoms with van der Waals surface area (Å²) in [6.45, 7) is 0.0116. The molecule has 0 aromatic heterocycles. The first kappa shape index (κ1) is 14.8. The molecular weight excluding hydrogens is 305 g/mol. The van der Waals surface area contributed by atoms with Crippen LogP contribution in [0.4, 0.5) is 4.39 Å². The maximum absolute atomic E-state index is 13.5. The lowest BCUT2D eigenvalue weighted by Gasteiger charge is -2.08. The Morgan fingerprint density at radius 2 is 1.80 bits per heavy atom. The molecule has 20 heavy (non-hydrogen) atoms. The number of nitrogens with two attached hydrogens (primary N) is 1. The number of rotatable bonds is 4. The van der Waals surface area contributed by atoms with Crippen molar-refractivity contribution in [2.75, 3.05) is 0 Å². The van der Waals surface area contributed by atoms with Gasteiger partial charge in [0, 0.05) is 10.6 Å². The van der Waals surface area contributed by atoms with E-state index in [1.54, 1.807) is 6.07 Å². The van der Waals surface area contributed by atoms with Crippen LogP contribution < -0.4 is 9.88 Å². The van der Waals surface area contributed by atoms with Gasteiger partial charge in [0.25, 0.3) is 0 Å². The third-order valence-corrected chi connectivity index (χ3v) is 3.73. The van der Waals surface area contributed by atoms with Crippen LogP contribution >= 0.6 is 11.6 Å². The Morgan fingerprint density at radius 3 is 2.35 bits per heavy atom. The van der Waals surface area contributed by atoms with Gasteiger partial charge in [-0.1, -0.05) is 17.7 Å². The van der Waals surface area contributed by atoms with Gasteiger partial charge >= 0.3 is 0 Å². The van der Waals surface area contributed by atoms with Crippen LogP contribution in [0.1, 0.15) is 5.56 Å². The Kier molecular flexibility index (Phi) is 4.27. The molecule has 0 heterocycles. The van der Waals surface area contributed by atoms with Crippen LogP contribution in [0.5, 0.6) is 5.75 Å². The second-order valence-electron chi connectivity index (χ2n) is 4.04. The van der Waals surface area contributed by atoms with Crippen molar-refractivity contribution in [2.45, 2.75) is 11.5 Å². The highest BCUT2D eigenvalue weighted by atomic mass is 35.5. The molecule has 0 atom stereocenters. The maximum atomic E-state index is 13.5. The van der Waals surface area contributed by atoms with E-state index in [2.05, 4.69) is 0 Å². The van der Waals surface area contributed by atoms with Crippen LogP contribution in [-0.2, 0) is 16.6 Å². The molecule has 0 bridgehead atoms. The predicted molar refractivity (Wildman–Crippen MR) is 73.6 cm³/mol. The Balaban J connectivity index is 2.08. The van der Waals surface area contributed by atoms with Gasteiger partial charge in [0.15, 0.2) is 0 Å². The Bertz CT molecular complexity index is 717. The van der Waals surface area contributed by atoms with Gasteiger partial charge in [-0.25, -0.2) is 17.9 Å². The van der Waals surface area contributed by atoms with Gasteiger partial charge in [0.2, 0.25) is 10.0 Å². The zero-order valence-electron chi connectivity index (χ0n) is 10.2. The molecule has 2 aromatic carbocycles. The van der Waals surface area contributed by atoms with Crippen molar-refractivity contribution < 1.29 is 17.5 Å². The van der Waals surface area contributed by atoms with E-state index < -0.39 is 15.8 Å². The SMILES string of the molecule is NS(=O)(=O)c1ccc(OCc2ccc(Cl)cc2F)cc1. The average molecular weight is 316 g/mol. The molecule has 4 nitrogen and oxygen atoms in total. The van der Waals surface area contributed by atoms with Crippen molar-refractivity contribution in [1.29, 1.82) is 0 Å². The Labute approximate surface area is 121 Å². The summed E-state index contributed by atoms with van der Waals surface area (Å²) in [7, 11) is -3.73. The normalized spacial score (nSPS) is 11.3. The number of primary sulfonamides is 1. The smallest absolute Gasteiger partial charge is 0.238 e. The average Bonchev–Trinajstić information content (AvgIpc) is 2.37. The quantitative estimate of drug-likeness (QED) is 0.943. The standard InChI is InChI=1S/C13H11ClFNO3S/c14-10-2-1-9(13(15)7-10)8-19-11-3-5-12(6-4-11)20(16,17)18/h1-7H,8H2,(H2,16,17,18). The molecule has 0 aliphatic rings. The zero-order valence-corrected chi connectivity index (χ0v) is 11.8. The number of hydrogen-bond donors (Lipinski definition) is 1. The monoisotopic (exact) mass is 315 g/mol. The lowest BCUT2D eigenvalue weighted by Crippen LogP contribution is -2.11. The zero-order chi connectivity index (χ0) is 14.8. The van der Waals surface area contributed by atoms with Crippen LogP contribution in [0.3, 0.4) is 0 Å². The number of benzene rings is 2. The van der Waals surface area contributed by atoms with Crippen molar-refractivity contribution >= 4 is 21.6 Å². The first-order valence-corrected chi connectivity index (χ1v) is 7.48. The van der Waals surface area contributed by atoms with Gasteiger partial charge in [0.05, 0.1) is 4.90 Å². The largest absolute Gasteiger partial charge is 0.489 e. The van der Waals surface area contributed by atoms with Gasteiger partial charge < -0.3 is 4.74 Å². The summed E-state index contributed by atoms with van der Waals surface area (Å²) in [5.41, 5.74) is 0.352. The van der Waals surface area contributed by atoms with Gasteiger partial charge in [-0.2, -0.15) is 0 Å². The summed E-state index contributed by atoms with van der Waals surface area (Å²) in [6, 6.07) is 9.83. The highest BCUT2D eigenvalue weighted by Gasteiger charge is 2.08. The third-order valence-electron chi connectivity index (χ3n) is 2.56. The highest BCUT2D eigenvalue weighted by molar-refractivity contribution is 7.89. The second kappa shape index (κ2) is 5.78. The van der Waals surface area contributed by atoms with Gasteiger partial charge in [-0.15, -0.1) is 0 Å². The van der Waals surface area contributed by atoms with Crippen molar-refractivity contribution in [3.8, 4) is 5.75 Å². The topological polar surface area (TPSA) is 69.4 Å². The maximum Gasteiger partial charge on any atom is 0.238 e. The van der Waals surface area contributed by atoms with E-state index in [1.807, 2.05) is 0 Å². The number of ether oxygens (including phenoxy) is 1. The van der Waals surface area contributed by atoms with E-state index in [4.69, 9.17) is 21.5 Å². The lowest BCUT2D eigenvalue weighted by molar-refractivity contribution is 0.299. The minimum absolute atomic E-state index is 0.0116. The first-order chi connectivity index (χ1) is 9.36. The Morgan fingerprint density at radius 1 is 1.15 bits per heavy atom. The van der Waals surface area contributed by atoms with Crippen LogP contribution in [0, 0.1) is 5.82 Å². The third kappa shape index (κ3) is 3.69. The highest BCUT2D eigenvalue weighted by Crippen LogP contribution is 2.19. The van der Waals surface area contributed by atoms with Crippen LogP contribution in [0.2, 0.25) is 5.02 Å². The number of hydrogen-bond acceptors (Lipinski definition) is 3. The van der Waals surface area contributed by atoms with E-state index in [1.165, 1.54) is 36.4 Å². The Hall–Kier alpha value is -1.63. The van der Waals surface area contributed by atoms with Crippen molar-refractivity contribution in [3.63, 3.8) is 0 Å². The summed E-state index contributed by atoms with van der Waals surface area (Å²) in [4.78, 5) is -0.0116. The van der Waals surface area contributed by atoms with Crippen molar-refractivity contribution in [2.24, 2.45) is 5.14 Å². The molecule has 0 fully saturated rings. The molecule has 0 amide bonds. The molecule has 0 saturated heterocycles. The van der Waals surface area contributed by atoms with E-state index in [0.29, 0.717) is 16.3 Å². The molecule has 0 unspecified atom stereocenters. The summed E-state index contributed by atoms with van der Waals surface area (Å²) in [6.07, 6.45) is 0. The van der Waals surface area contributed by atoms with Crippen molar-refractivity contribution in [3.05, 3.63) is 58.9 Å². The summed E-state index contributed by atoms with van der Waals surface area (Å²) in [5.74, 6) is -0.0505. The van der Waals surface area contributed by atoms with Gasteiger partial charge in [-0.3, -0.25) is 0 Å². The molecule has 0 aliphatic carbocycles. The van der Waals surface area contributed by atoms with Gasteiger partial charge in [-0.05, 0) is 36.4 Å². The summed E-state index contributed by atoms with van der Waals surface area (Å²) in [5, 5.41) is 5.28. The van der Waals surface area contributed by atoms with E-state index in [9.17, 15) is 12.8 Å². The summed E-state index contributed by atoms with van der Waals surface area (Å²) >= 11 is 5.64. The number of halogens is 2. The summed E-state index contributed by atoms with van der Waals surface area (Å²) < 4.78 is 41.0. The molecule has 2 rings (SSSR count). The van der Waals surface area contributed by atoms with Crippen molar-refractivity contribution in [1.82, 2.24) is 0 Å². The van der Waals surface area contributed by atoms with Crippen LogP contribution in [0.25, 0.3) is 0 Å². The molecular formula is C13H11ClFNO3S. The fourth-order valence-corrected chi connectivity index (χ4v) is 2.20. The minimum atomic E-state index is -3.73. The fourth-order valence-electron chi connectivity index (χ4n) is 1.53. The van der Waals surface area contributed by atoms with E-state index >= 15 is 0 Å². The molecule has 0 saturated carbocycles. The molecule has 2 N–H and O–H groups in total. The number of sulfonamides is 1. The van der Waals surface area contributed by atoms with E-state index in [-0.39, 0.29) is 11.5 Å².